The maximum Gasteiger partial charge on any atom is 0.252 e. The molecular formula is C18H31N3O2S2. The van der Waals surface area contributed by atoms with Crippen LogP contribution in [0.1, 0.15) is 38.5 Å². The van der Waals surface area contributed by atoms with Gasteiger partial charge in [0.05, 0.1) is 0 Å². The van der Waals surface area contributed by atoms with Crippen molar-refractivity contribution in [1.29, 1.82) is 0 Å². The summed E-state index contributed by atoms with van der Waals surface area (Å²) in [5, 5.41) is 1.84. The average Bonchev–Trinajstić information content (AvgIpc) is 3.16. The molecule has 2 fully saturated rings. The molecule has 0 radical (unpaired) electrons. The van der Waals surface area contributed by atoms with E-state index in [-0.39, 0.29) is 6.04 Å². The van der Waals surface area contributed by atoms with Gasteiger partial charge in [0.15, 0.2) is 0 Å². The maximum atomic E-state index is 13.0. The van der Waals surface area contributed by atoms with E-state index in [2.05, 4.69) is 23.9 Å². The van der Waals surface area contributed by atoms with Crippen LogP contribution in [0.4, 0.5) is 0 Å². The molecule has 2 heterocycles. The minimum absolute atomic E-state index is 0.0745. The third-order valence-electron chi connectivity index (χ3n) is 6.08. The first-order chi connectivity index (χ1) is 11.9. The first kappa shape index (κ1) is 19.3. The molecule has 25 heavy (non-hydrogen) atoms. The molecule has 0 bridgehead atoms. The number of likely N-dealkylation sites (tertiary alicyclic amines) is 1. The molecule has 7 heteroatoms. The van der Waals surface area contributed by atoms with Crippen LogP contribution in [-0.2, 0) is 10.0 Å². The molecule has 0 N–H and O–H groups in total. The highest BCUT2D eigenvalue weighted by atomic mass is 32.2. The van der Waals surface area contributed by atoms with Crippen LogP contribution in [0.15, 0.2) is 21.7 Å². The molecule has 1 saturated heterocycles. The molecule has 0 amide bonds. The Labute approximate surface area is 156 Å². The Morgan fingerprint density at radius 1 is 1.08 bits per heavy atom. The van der Waals surface area contributed by atoms with Gasteiger partial charge in [-0.3, -0.25) is 4.90 Å². The van der Waals surface area contributed by atoms with E-state index in [4.69, 9.17) is 0 Å². The standard InChI is InChI=1S/C18H31N3O2S2/c1-19-12-10-15(11-13-19)20(2)16-7-4-5-8-17(16)21(3)25(22,23)18-9-6-14-24-18/h6,9,14-17H,4-5,7-8,10-13H2,1-3H3/t16-,17+/m1/s1. The lowest BCUT2D eigenvalue weighted by atomic mass is 9.87. The average molecular weight is 386 g/mol. The minimum atomic E-state index is -3.38. The summed E-state index contributed by atoms with van der Waals surface area (Å²) in [6.45, 7) is 2.27. The second kappa shape index (κ2) is 8.05. The van der Waals surface area contributed by atoms with E-state index in [0.29, 0.717) is 16.3 Å². The Bertz CT molecular complexity index is 639. The van der Waals surface area contributed by atoms with Crippen molar-refractivity contribution in [3.8, 4) is 0 Å². The predicted molar refractivity (Wildman–Crippen MR) is 104 cm³/mol. The van der Waals surface area contributed by atoms with Gasteiger partial charge >= 0.3 is 0 Å². The van der Waals surface area contributed by atoms with E-state index in [9.17, 15) is 8.42 Å². The first-order valence-electron chi connectivity index (χ1n) is 9.33. The predicted octanol–water partition coefficient (Wildman–Crippen LogP) is 2.71. The summed E-state index contributed by atoms with van der Waals surface area (Å²) in [6, 6.07) is 4.50. The smallest absolute Gasteiger partial charge is 0.252 e. The Balaban J connectivity index is 1.76. The van der Waals surface area contributed by atoms with E-state index >= 15 is 0 Å². The van der Waals surface area contributed by atoms with Crippen LogP contribution >= 0.6 is 11.3 Å². The Hall–Kier alpha value is -0.470. The summed E-state index contributed by atoms with van der Waals surface area (Å²) >= 11 is 1.31. The summed E-state index contributed by atoms with van der Waals surface area (Å²) < 4.78 is 28.1. The molecule has 2 aliphatic rings. The zero-order valence-electron chi connectivity index (χ0n) is 15.6. The highest BCUT2D eigenvalue weighted by molar-refractivity contribution is 7.91. The van der Waals surface area contributed by atoms with Gasteiger partial charge in [0.1, 0.15) is 4.21 Å². The van der Waals surface area contributed by atoms with Crippen LogP contribution in [0.3, 0.4) is 0 Å². The fraction of sp³-hybridized carbons (Fsp3) is 0.778. The van der Waals surface area contributed by atoms with Crippen molar-refractivity contribution in [3.63, 3.8) is 0 Å². The van der Waals surface area contributed by atoms with Crippen LogP contribution in [0, 0.1) is 0 Å². The molecule has 1 aromatic rings. The van der Waals surface area contributed by atoms with Gasteiger partial charge in [-0.2, -0.15) is 4.31 Å². The van der Waals surface area contributed by atoms with Gasteiger partial charge in [-0.1, -0.05) is 18.9 Å². The van der Waals surface area contributed by atoms with Crippen molar-refractivity contribution in [2.45, 2.75) is 60.9 Å². The lowest BCUT2D eigenvalue weighted by Crippen LogP contribution is -2.56. The Kier molecular flexibility index (Phi) is 6.21. The zero-order valence-corrected chi connectivity index (χ0v) is 17.2. The molecule has 0 unspecified atom stereocenters. The van der Waals surface area contributed by atoms with E-state index < -0.39 is 10.0 Å². The highest BCUT2D eigenvalue weighted by Crippen LogP contribution is 2.32. The fourth-order valence-electron chi connectivity index (χ4n) is 4.39. The third-order valence-corrected chi connectivity index (χ3v) is 9.33. The summed E-state index contributed by atoms with van der Waals surface area (Å²) in [7, 11) is 2.79. The number of sulfonamides is 1. The SMILES string of the molecule is CN1CCC(N(C)[C@@H]2CCCC[C@@H]2N(C)S(=O)(=O)c2cccs2)CC1. The largest absolute Gasteiger partial charge is 0.306 e. The van der Waals surface area contributed by atoms with E-state index in [1.54, 1.807) is 17.4 Å². The second-order valence-corrected chi connectivity index (χ2v) is 10.7. The molecule has 2 atom stereocenters. The maximum absolute atomic E-state index is 13.0. The van der Waals surface area contributed by atoms with Crippen molar-refractivity contribution in [1.82, 2.24) is 14.1 Å². The van der Waals surface area contributed by atoms with E-state index in [0.717, 1.165) is 32.4 Å². The monoisotopic (exact) mass is 385 g/mol. The van der Waals surface area contributed by atoms with Gasteiger partial charge < -0.3 is 4.90 Å². The molecule has 0 aromatic carbocycles. The van der Waals surface area contributed by atoms with Gasteiger partial charge in [-0.05, 0) is 64.3 Å². The third kappa shape index (κ3) is 4.11. The summed E-state index contributed by atoms with van der Waals surface area (Å²) in [6.07, 6.45) is 6.73. The number of likely N-dealkylation sites (N-methyl/N-ethyl adjacent to an activating group) is 2. The number of nitrogens with zero attached hydrogens (tertiary/aromatic N) is 3. The van der Waals surface area contributed by atoms with Gasteiger partial charge in [0, 0.05) is 25.2 Å². The van der Waals surface area contributed by atoms with E-state index in [1.165, 1.54) is 30.6 Å². The molecular weight excluding hydrogens is 354 g/mol. The second-order valence-electron chi connectivity index (χ2n) is 7.57. The van der Waals surface area contributed by atoms with Crippen LogP contribution in [0.5, 0.6) is 0 Å². The van der Waals surface area contributed by atoms with Crippen LogP contribution < -0.4 is 0 Å². The summed E-state index contributed by atoms with van der Waals surface area (Å²) in [5.41, 5.74) is 0. The van der Waals surface area contributed by atoms with Crippen molar-refractivity contribution in [2.75, 3.05) is 34.2 Å². The molecule has 1 aromatic heterocycles. The van der Waals surface area contributed by atoms with Gasteiger partial charge in [0.2, 0.25) is 0 Å². The fourth-order valence-corrected chi connectivity index (χ4v) is 6.99. The number of piperidine rings is 1. The van der Waals surface area contributed by atoms with E-state index in [1.807, 2.05) is 11.4 Å². The van der Waals surface area contributed by atoms with Crippen LogP contribution in [0.25, 0.3) is 0 Å². The number of hydrogen-bond acceptors (Lipinski definition) is 5. The summed E-state index contributed by atoms with van der Waals surface area (Å²) in [4.78, 5) is 4.88. The molecule has 3 rings (SSSR count). The molecule has 1 aliphatic heterocycles. The van der Waals surface area contributed by atoms with Crippen LogP contribution in [0.2, 0.25) is 0 Å². The Morgan fingerprint density at radius 2 is 1.72 bits per heavy atom. The van der Waals surface area contributed by atoms with Crippen molar-refractivity contribution in [3.05, 3.63) is 17.5 Å². The first-order valence-corrected chi connectivity index (χ1v) is 11.6. The molecule has 142 valence electrons. The lowest BCUT2D eigenvalue weighted by molar-refractivity contribution is 0.0534. The van der Waals surface area contributed by atoms with Crippen molar-refractivity contribution < 1.29 is 8.42 Å². The molecule has 1 aliphatic carbocycles. The topological polar surface area (TPSA) is 43.9 Å². The lowest BCUT2D eigenvalue weighted by Gasteiger charge is -2.46. The van der Waals surface area contributed by atoms with Gasteiger partial charge in [-0.15, -0.1) is 11.3 Å². The number of hydrogen-bond donors (Lipinski definition) is 0. The van der Waals surface area contributed by atoms with Crippen LogP contribution in [-0.4, -0.2) is 74.9 Å². The summed E-state index contributed by atoms with van der Waals surface area (Å²) in [5.74, 6) is 0. The van der Waals surface area contributed by atoms with Crippen molar-refractivity contribution >= 4 is 21.4 Å². The quantitative estimate of drug-likeness (QED) is 0.782. The normalized spacial score (nSPS) is 27.2. The van der Waals surface area contributed by atoms with Crippen molar-refractivity contribution in [2.24, 2.45) is 0 Å². The molecule has 5 nitrogen and oxygen atoms in total. The Morgan fingerprint density at radius 3 is 2.32 bits per heavy atom. The zero-order chi connectivity index (χ0) is 18.0. The molecule has 0 spiro atoms. The number of thiophene rings is 1. The highest BCUT2D eigenvalue weighted by Gasteiger charge is 2.39. The van der Waals surface area contributed by atoms with Gasteiger partial charge in [-0.25, -0.2) is 8.42 Å². The minimum Gasteiger partial charge on any atom is -0.306 e. The number of rotatable bonds is 5. The molecule has 1 saturated carbocycles. The van der Waals surface area contributed by atoms with Gasteiger partial charge in [0.25, 0.3) is 10.0 Å².